The number of nitrogens with one attached hydrogen (secondary N) is 8. The summed E-state index contributed by atoms with van der Waals surface area (Å²) in [5.41, 5.74) is 2.98. The van der Waals surface area contributed by atoms with Gasteiger partial charge in [-0.25, -0.2) is 83.4 Å². The lowest BCUT2D eigenvalue weighted by Crippen LogP contribution is -2.52. The van der Waals surface area contributed by atoms with Gasteiger partial charge < -0.3 is 77.5 Å². The molecule has 11 N–H and O–H groups in total. The molecule has 0 aromatic carbocycles. The molecule has 768 valence electrons. The number of anilines is 4. The highest BCUT2D eigenvalue weighted by Gasteiger charge is 2.52. The second-order valence-corrected chi connectivity index (χ2v) is 46.5. The third-order valence-electron chi connectivity index (χ3n) is 25.4. The van der Waals surface area contributed by atoms with Crippen LogP contribution in [0.2, 0.25) is 0 Å². The summed E-state index contributed by atoms with van der Waals surface area (Å²) >= 11 is 4.00. The van der Waals surface area contributed by atoms with Gasteiger partial charge in [0.1, 0.15) is 46.0 Å². The van der Waals surface area contributed by atoms with Gasteiger partial charge in [0.25, 0.3) is 70.9 Å². The van der Waals surface area contributed by atoms with Crippen molar-refractivity contribution < 1.29 is 97.2 Å². The first kappa shape index (κ1) is 109. The van der Waals surface area contributed by atoms with Crippen LogP contribution in [0.3, 0.4) is 0 Å². The van der Waals surface area contributed by atoms with E-state index >= 15 is 0 Å². The van der Waals surface area contributed by atoms with Gasteiger partial charge >= 0.3 is 0 Å². The second-order valence-electron chi connectivity index (χ2n) is 40.4. The van der Waals surface area contributed by atoms with Crippen molar-refractivity contribution in [3.05, 3.63) is 114 Å². The van der Waals surface area contributed by atoms with Crippen LogP contribution in [0.1, 0.15) is 279 Å². The van der Waals surface area contributed by atoms with Crippen LogP contribution in [-0.2, 0) is 9.84 Å². The van der Waals surface area contributed by atoms with Crippen LogP contribution < -0.4 is 42.5 Å². The van der Waals surface area contributed by atoms with E-state index in [1.54, 1.807) is 100 Å². The molecule has 8 aromatic heterocycles. The molecule has 0 unspecified atom stereocenters. The molecule has 0 radical (unpaired) electrons. The number of amides is 8. The molecule has 8 amide bonds. The van der Waals surface area contributed by atoms with E-state index in [0.29, 0.717) is 77.9 Å². The molecule has 2 aliphatic carbocycles. The number of hydrogen-bond acceptors (Lipinski definition) is 29. The molecule has 7 aliphatic rings. The van der Waals surface area contributed by atoms with Gasteiger partial charge in [0.15, 0.2) is 29.9 Å². The smallest absolute Gasteiger partial charge is 0.280 e. The lowest BCUT2D eigenvalue weighted by molar-refractivity contribution is 0.0115. The summed E-state index contributed by atoms with van der Waals surface area (Å²) in [6, 6.07) is 3.29. The van der Waals surface area contributed by atoms with E-state index in [0.717, 1.165) is 106 Å². The number of aromatic nitrogens is 8. The number of aliphatic hydroxyl groups excluding tert-OH is 1. The van der Waals surface area contributed by atoms with Gasteiger partial charge in [-0.05, 0) is 224 Å². The number of sulfone groups is 1. The monoisotopic (exact) mass is 2060 g/mol. The van der Waals surface area contributed by atoms with Crippen LogP contribution in [0.25, 0.3) is 41.8 Å². The number of rotatable bonds is 26. The Morgan fingerprint density at radius 3 is 0.901 bits per heavy atom. The fraction of sp³-hybridized carbons (Fsp3) is 0.579. The molecule has 46 heteroatoms. The van der Waals surface area contributed by atoms with Crippen LogP contribution in [-0.4, -0.2) is 281 Å². The summed E-state index contributed by atoms with van der Waals surface area (Å²) in [5.74, 6) is -14.3. The van der Waals surface area contributed by atoms with Crippen LogP contribution >= 0.6 is 45.3 Å². The zero-order valence-electron chi connectivity index (χ0n) is 82.5. The zero-order chi connectivity index (χ0) is 104. The van der Waals surface area contributed by atoms with Gasteiger partial charge in [-0.2, -0.15) is 0 Å². The first-order valence-electron chi connectivity index (χ1n) is 46.7. The molecule has 0 spiro atoms. The fourth-order valence-electron chi connectivity index (χ4n) is 16.9. The van der Waals surface area contributed by atoms with Gasteiger partial charge in [-0.1, -0.05) is 0 Å². The predicted molar refractivity (Wildman–Crippen MR) is 526 cm³/mol. The SMILES string of the molecule is Cc1cc(NC(C)C)ncc1-c1sc(C(=O)NC2CC(O)C2)nc1C(=O)N1CC(F)(F)C[C@@H]1C.Cc1cc(NC(C)C)ncc1-c1sc(C(=O)NC2CS(=O)(=O)C2)nc1C(=O)N1CC(F)(F)C[C@@H]1C.Cc1cc(NC(C)C)ncc1-c1sc(C(=O)N[C@@H](C)C(C)(C)O)nc1C(=O)N1CC(F)(F)C[C@@H]1C.Cc1cc(NC2(C)CCC2)ncc1-c1sc(C(=O)N[C@H](C)C(C)(C)O)nc1C(=O)N1CC(F)(F)C[C@@H]1C. The lowest BCUT2D eigenvalue weighted by Gasteiger charge is -2.39. The Labute approximate surface area is 829 Å². The predicted octanol–water partition coefficient (Wildman–Crippen LogP) is 14.9. The van der Waals surface area contributed by atoms with Gasteiger partial charge in [0.05, 0.1) is 92.6 Å². The topological polar surface area (TPSA) is 444 Å². The standard InChI is InChI=1S/C26H35F2N5O3S.C24H33F2N5O3S.C23H29F2N5O3S.C22H27F2N5O4S2/c1-14-10-18(32-25(6)8-7-9-25)29-12-17(14)20-19(23(35)33-13-26(27,28)11-15(33)2)31-22(37-20)21(34)30-16(3)24(4,5)36;1-12(2)28-17-8-13(3)16(10-27-17)19-18(22(33)31-11-24(25,26)9-14(31)4)30-21(35-19)20(32)29-15(5)23(6,7)34;1-11(2)27-17-5-12(3)16(9-26-17)19-18(22(33)30-10-23(24,25)8-13(30)4)29-21(34-19)20(32)28-14-6-15(31)7-14;1-11(2)26-16-5-12(3)15(7-25-16)18-17(21(31)29-10-22(23,24)6-13(29)4)28-20(34-18)19(30)27-14-8-35(32,33)9-14/h10,12,15-16,36H,7-9,11,13H2,1-6H3,(H,29,32)(H,30,34);8,10,12,14-15,34H,9,11H2,1-7H3,(H,27,28)(H,29,32);5,9,11,13-15,31H,6-8,10H2,1-4H3,(H,26,27)(H,28,32);5,7,11,13-14H,6,8-10H2,1-4H3,(H,25,26)(H,27,30)/t15-,16+;14-,15-;13-,14?,15?;13-/m0000/s1. The number of aryl methyl sites for hydroxylation is 4. The molecular formula is C95H124F8N20O13S5. The Hall–Kier alpha value is -10.7. The molecule has 5 aliphatic heterocycles. The van der Waals surface area contributed by atoms with E-state index in [4.69, 9.17) is 0 Å². The van der Waals surface area contributed by atoms with Gasteiger partial charge in [0.2, 0.25) is 0 Å². The van der Waals surface area contributed by atoms with Crippen LogP contribution in [0.4, 0.5) is 58.4 Å². The number of likely N-dealkylation sites (tertiary alicyclic amines) is 4. The molecule has 141 heavy (non-hydrogen) atoms. The summed E-state index contributed by atoms with van der Waals surface area (Å²) < 4.78 is 135. The van der Waals surface area contributed by atoms with Crippen molar-refractivity contribution in [3.8, 4) is 41.8 Å². The van der Waals surface area contributed by atoms with Crippen molar-refractivity contribution in [1.82, 2.24) is 80.7 Å². The number of thiazole rings is 4. The lowest BCUT2D eigenvalue weighted by atomic mass is 9.78. The third kappa shape index (κ3) is 26.7. The maximum absolute atomic E-state index is 14.1. The van der Waals surface area contributed by atoms with Gasteiger partial charge in [0, 0.05) is 127 Å². The summed E-state index contributed by atoms with van der Waals surface area (Å²) in [6.45, 7) is 34.5. The Balaban J connectivity index is 0.000000168. The minimum absolute atomic E-state index is 0.00171. The van der Waals surface area contributed by atoms with Crippen molar-refractivity contribution in [2.75, 3.05) is 59.0 Å². The summed E-state index contributed by atoms with van der Waals surface area (Å²) in [6.07, 6.45) is 8.46. The van der Waals surface area contributed by atoms with Crippen LogP contribution in [0.5, 0.6) is 0 Å². The number of carbonyl (C=O) groups is 8. The van der Waals surface area contributed by atoms with E-state index in [2.05, 4.69) is 89.3 Å². The van der Waals surface area contributed by atoms with Crippen molar-refractivity contribution in [1.29, 1.82) is 0 Å². The maximum Gasteiger partial charge on any atom is 0.280 e. The van der Waals surface area contributed by atoms with Gasteiger partial charge in [-0.15, -0.1) is 45.3 Å². The number of halogens is 8. The average molecular weight is 2070 g/mol. The molecule has 15 rings (SSSR count). The molecule has 8 aromatic rings. The van der Waals surface area contributed by atoms with Crippen molar-refractivity contribution in [2.24, 2.45) is 0 Å². The molecule has 6 atom stereocenters. The molecule has 13 heterocycles. The molecule has 2 saturated carbocycles. The Morgan fingerprint density at radius 1 is 0.426 bits per heavy atom. The minimum Gasteiger partial charge on any atom is -0.393 e. The molecular weight excluding hydrogens is 1940 g/mol. The normalized spacial score (nSPS) is 21.2. The fourth-order valence-corrected chi connectivity index (χ4v) is 22.3. The molecule has 7 fully saturated rings. The van der Waals surface area contributed by atoms with Crippen molar-refractivity contribution >= 4 is 126 Å². The van der Waals surface area contributed by atoms with E-state index < -0.39 is 192 Å². The highest BCUT2D eigenvalue weighted by Crippen LogP contribution is 2.45. The van der Waals surface area contributed by atoms with E-state index in [-0.39, 0.29) is 84.0 Å². The number of hydrogen-bond donors (Lipinski definition) is 11. The Morgan fingerprint density at radius 2 is 0.681 bits per heavy atom. The molecule has 33 nitrogen and oxygen atoms in total. The highest BCUT2D eigenvalue weighted by molar-refractivity contribution is 7.92. The van der Waals surface area contributed by atoms with Gasteiger partial charge in [-0.3, -0.25) is 38.4 Å². The maximum atomic E-state index is 14.1. The quantitative estimate of drug-likeness (QED) is 0.0224. The second kappa shape index (κ2) is 42.3. The average Bonchev–Trinajstić information content (AvgIpc) is 1.64. The third-order valence-corrected chi connectivity index (χ3v) is 31.5. The number of carbonyl (C=O) groups excluding carboxylic acids is 8. The minimum atomic E-state index is -3.14. The van der Waals surface area contributed by atoms with E-state index in [1.165, 1.54) is 0 Å². The molecule has 5 saturated heterocycles. The number of nitrogens with zero attached hydrogens (tertiary/aromatic N) is 12. The Kier molecular flexibility index (Phi) is 32.8. The number of alkyl halides is 8. The Bertz CT molecular complexity index is 6140. The van der Waals surface area contributed by atoms with E-state index in [1.807, 2.05) is 87.4 Å². The largest absolute Gasteiger partial charge is 0.393 e. The van der Waals surface area contributed by atoms with Crippen molar-refractivity contribution in [2.45, 2.75) is 316 Å². The summed E-state index contributed by atoms with van der Waals surface area (Å²) in [4.78, 5) is 146. The first-order valence-corrected chi connectivity index (χ1v) is 51.7. The zero-order valence-corrected chi connectivity index (χ0v) is 86.6. The van der Waals surface area contributed by atoms with Crippen LogP contribution in [0.15, 0.2) is 49.1 Å². The summed E-state index contributed by atoms with van der Waals surface area (Å²) in [5, 5.41) is 53.8. The first-order chi connectivity index (χ1) is 65.3. The number of aliphatic hydroxyl groups is 3. The van der Waals surface area contributed by atoms with E-state index in [9.17, 15) is 97.2 Å². The van der Waals surface area contributed by atoms with Crippen LogP contribution in [0, 0.1) is 27.7 Å². The van der Waals surface area contributed by atoms with Crippen molar-refractivity contribution in [3.63, 3.8) is 0 Å². The molecule has 0 bridgehead atoms. The summed E-state index contributed by atoms with van der Waals surface area (Å²) in [7, 11) is -3.14. The number of pyridine rings is 4. The highest BCUT2D eigenvalue weighted by atomic mass is 32.2.